The second-order valence-corrected chi connectivity index (χ2v) is 3.41. The molecule has 2 unspecified atom stereocenters. The van der Waals surface area contributed by atoms with Gasteiger partial charge in [0.2, 0.25) is 0 Å². The van der Waals surface area contributed by atoms with E-state index in [1.165, 1.54) is 0 Å². The molecule has 0 aliphatic carbocycles. The van der Waals surface area contributed by atoms with Crippen LogP contribution in [0.2, 0.25) is 0 Å². The van der Waals surface area contributed by atoms with Gasteiger partial charge in [-0.1, -0.05) is 27.5 Å². The van der Waals surface area contributed by atoms with Gasteiger partial charge in [0.15, 0.2) is 0 Å². The van der Waals surface area contributed by atoms with Gasteiger partial charge < -0.3 is 0 Å². The molecule has 0 aromatic rings. The first-order valence-electron chi connectivity index (χ1n) is 3.04. The lowest BCUT2D eigenvalue weighted by Gasteiger charge is -2.17. The summed E-state index contributed by atoms with van der Waals surface area (Å²) in [7, 11) is 0. The fraction of sp³-hybridized carbons (Fsp3) is 0.833. The Hall–Kier alpha value is 0.440. The molecule has 0 N–H and O–H groups in total. The third kappa shape index (κ3) is 2.26. The molecule has 1 heterocycles. The molecule has 0 saturated heterocycles. The monoisotopic (exact) mass is 209 g/mol. The summed E-state index contributed by atoms with van der Waals surface area (Å²) in [5.41, 5.74) is 0.0290. The number of hydrogen-bond acceptors (Lipinski definition) is 1. The Morgan fingerprint density at radius 1 is 1.78 bits per heavy atom. The van der Waals surface area contributed by atoms with Gasteiger partial charge in [-0.25, -0.2) is 0 Å². The van der Waals surface area contributed by atoms with E-state index < -0.39 is 0 Å². The molecular formula is C6H9BrClN. The van der Waals surface area contributed by atoms with Crippen molar-refractivity contribution in [2.45, 2.75) is 18.3 Å². The van der Waals surface area contributed by atoms with Crippen molar-refractivity contribution in [2.75, 3.05) is 5.33 Å². The molecule has 2 atom stereocenters. The lowest BCUT2D eigenvalue weighted by molar-refractivity contribution is 0.536. The summed E-state index contributed by atoms with van der Waals surface area (Å²) in [5.74, 6) is 0.699. The van der Waals surface area contributed by atoms with Gasteiger partial charge in [0, 0.05) is 11.5 Å². The van der Waals surface area contributed by atoms with E-state index in [1.807, 2.05) is 6.21 Å². The molecule has 1 aliphatic rings. The molecule has 0 amide bonds. The van der Waals surface area contributed by atoms with Crippen LogP contribution in [0.1, 0.15) is 12.8 Å². The molecule has 9 heavy (non-hydrogen) atoms. The van der Waals surface area contributed by atoms with Crippen LogP contribution in [-0.2, 0) is 0 Å². The smallest absolute Gasteiger partial charge is 0.123 e. The first-order chi connectivity index (χ1) is 4.33. The molecule has 0 bridgehead atoms. The van der Waals surface area contributed by atoms with E-state index in [0.29, 0.717) is 5.92 Å². The molecule has 0 aromatic heterocycles. The molecule has 1 rings (SSSR count). The standard InChI is InChI=1S/C6H9BrClN/c7-4-5-1-2-9-6(8)3-5/h2,5-6H,1,3-4H2. The number of aliphatic imine (C=N–C) groups is 1. The van der Waals surface area contributed by atoms with Crippen molar-refractivity contribution in [1.82, 2.24) is 0 Å². The number of rotatable bonds is 1. The molecule has 0 spiro atoms. The van der Waals surface area contributed by atoms with Crippen LogP contribution in [0.3, 0.4) is 0 Å². The largest absolute Gasteiger partial charge is 0.278 e. The lowest BCUT2D eigenvalue weighted by Crippen LogP contribution is -2.14. The highest BCUT2D eigenvalue weighted by Crippen LogP contribution is 2.21. The van der Waals surface area contributed by atoms with Crippen LogP contribution in [0.5, 0.6) is 0 Å². The maximum atomic E-state index is 5.77. The van der Waals surface area contributed by atoms with Crippen LogP contribution in [0.15, 0.2) is 4.99 Å². The summed E-state index contributed by atoms with van der Waals surface area (Å²) >= 11 is 9.19. The first-order valence-corrected chi connectivity index (χ1v) is 4.60. The van der Waals surface area contributed by atoms with Gasteiger partial charge in [-0.15, -0.1) is 0 Å². The fourth-order valence-electron chi connectivity index (χ4n) is 0.882. The molecule has 0 saturated carbocycles. The third-order valence-corrected chi connectivity index (χ3v) is 2.66. The summed E-state index contributed by atoms with van der Waals surface area (Å²) in [6.45, 7) is 0. The van der Waals surface area contributed by atoms with Gasteiger partial charge in [0.25, 0.3) is 0 Å². The van der Waals surface area contributed by atoms with Crippen molar-refractivity contribution in [3.63, 3.8) is 0 Å². The highest BCUT2D eigenvalue weighted by Gasteiger charge is 2.14. The van der Waals surface area contributed by atoms with Crippen LogP contribution < -0.4 is 0 Å². The van der Waals surface area contributed by atoms with Crippen LogP contribution >= 0.6 is 27.5 Å². The molecular weight excluding hydrogens is 201 g/mol. The van der Waals surface area contributed by atoms with E-state index in [1.54, 1.807) is 0 Å². The van der Waals surface area contributed by atoms with E-state index in [4.69, 9.17) is 11.6 Å². The molecule has 0 radical (unpaired) electrons. The summed E-state index contributed by atoms with van der Waals surface area (Å²) < 4.78 is 0. The minimum absolute atomic E-state index is 0.0290. The van der Waals surface area contributed by atoms with Crippen LogP contribution in [-0.4, -0.2) is 17.0 Å². The Morgan fingerprint density at radius 2 is 2.56 bits per heavy atom. The highest BCUT2D eigenvalue weighted by atomic mass is 79.9. The van der Waals surface area contributed by atoms with Crippen molar-refractivity contribution in [2.24, 2.45) is 10.9 Å². The quantitative estimate of drug-likeness (QED) is 0.466. The molecule has 1 aliphatic heterocycles. The average Bonchev–Trinajstić information content (AvgIpc) is 1.88. The van der Waals surface area contributed by atoms with Gasteiger partial charge in [0.05, 0.1) is 0 Å². The van der Waals surface area contributed by atoms with Crippen LogP contribution in [0.4, 0.5) is 0 Å². The van der Waals surface area contributed by atoms with Crippen LogP contribution in [0, 0.1) is 5.92 Å². The fourth-order valence-corrected chi connectivity index (χ4v) is 1.74. The summed E-state index contributed by atoms with van der Waals surface area (Å²) in [6, 6.07) is 0. The maximum absolute atomic E-state index is 5.77. The SMILES string of the molecule is ClC1CC(CBr)CC=N1. The Kier molecular flexibility index (Phi) is 2.99. The zero-order valence-corrected chi connectivity index (χ0v) is 7.40. The molecule has 0 aromatic carbocycles. The molecule has 52 valence electrons. The van der Waals surface area contributed by atoms with Crippen molar-refractivity contribution in [1.29, 1.82) is 0 Å². The number of halogens is 2. The zero-order chi connectivity index (χ0) is 6.69. The number of hydrogen-bond donors (Lipinski definition) is 0. The van der Waals surface area contributed by atoms with E-state index in [9.17, 15) is 0 Å². The minimum atomic E-state index is 0.0290. The summed E-state index contributed by atoms with van der Waals surface area (Å²) in [4.78, 5) is 4.05. The second-order valence-electron chi connectivity index (χ2n) is 2.26. The van der Waals surface area contributed by atoms with Gasteiger partial charge in [-0.05, 0) is 18.8 Å². The lowest BCUT2D eigenvalue weighted by atomic mass is 10.0. The Bertz CT molecular complexity index is 116. The Morgan fingerprint density at radius 3 is 3.00 bits per heavy atom. The van der Waals surface area contributed by atoms with Gasteiger partial charge in [-0.3, -0.25) is 4.99 Å². The van der Waals surface area contributed by atoms with E-state index in [-0.39, 0.29) is 5.50 Å². The van der Waals surface area contributed by atoms with Crippen molar-refractivity contribution >= 4 is 33.7 Å². The summed E-state index contributed by atoms with van der Waals surface area (Å²) in [6.07, 6.45) is 4.02. The van der Waals surface area contributed by atoms with Crippen molar-refractivity contribution < 1.29 is 0 Å². The molecule has 0 fully saturated rings. The topological polar surface area (TPSA) is 12.4 Å². The van der Waals surface area contributed by atoms with E-state index in [0.717, 1.165) is 18.2 Å². The summed E-state index contributed by atoms with van der Waals surface area (Å²) in [5, 5.41) is 1.04. The minimum Gasteiger partial charge on any atom is -0.278 e. The third-order valence-electron chi connectivity index (χ3n) is 1.45. The number of nitrogens with zero attached hydrogens (tertiary/aromatic N) is 1. The average molecular weight is 211 g/mol. The number of alkyl halides is 2. The van der Waals surface area contributed by atoms with Gasteiger partial charge in [-0.2, -0.15) is 0 Å². The second kappa shape index (κ2) is 3.57. The zero-order valence-electron chi connectivity index (χ0n) is 5.06. The highest BCUT2D eigenvalue weighted by molar-refractivity contribution is 9.09. The van der Waals surface area contributed by atoms with Crippen LogP contribution in [0.25, 0.3) is 0 Å². The van der Waals surface area contributed by atoms with Gasteiger partial charge in [0.1, 0.15) is 5.50 Å². The Labute approximate surface area is 68.6 Å². The Balaban J connectivity index is 2.38. The molecule has 1 nitrogen and oxygen atoms in total. The van der Waals surface area contributed by atoms with Crippen molar-refractivity contribution in [3.8, 4) is 0 Å². The first kappa shape index (κ1) is 7.55. The predicted molar refractivity (Wildman–Crippen MR) is 44.7 cm³/mol. The predicted octanol–water partition coefficient (Wildman–Crippen LogP) is 2.43. The maximum Gasteiger partial charge on any atom is 0.123 e. The van der Waals surface area contributed by atoms with E-state index in [2.05, 4.69) is 20.9 Å². The van der Waals surface area contributed by atoms with Gasteiger partial charge >= 0.3 is 0 Å². The molecule has 3 heteroatoms. The van der Waals surface area contributed by atoms with E-state index >= 15 is 0 Å². The van der Waals surface area contributed by atoms with Crippen molar-refractivity contribution in [3.05, 3.63) is 0 Å². The normalized spacial score (nSPS) is 34.9.